The second-order valence-corrected chi connectivity index (χ2v) is 8.32. The van der Waals surface area contributed by atoms with Crippen molar-refractivity contribution in [1.29, 1.82) is 0 Å². The van der Waals surface area contributed by atoms with Crippen LogP contribution < -0.4 is 5.32 Å². The molecule has 8 nitrogen and oxygen atoms in total. The molecule has 3 heterocycles. The van der Waals surface area contributed by atoms with Crippen LogP contribution in [0.25, 0.3) is 0 Å². The summed E-state index contributed by atoms with van der Waals surface area (Å²) in [4.78, 5) is 6.71. The molecule has 10 heteroatoms. The zero-order valence-corrected chi connectivity index (χ0v) is 15.8. The third-order valence-corrected chi connectivity index (χ3v) is 6.65. The van der Waals surface area contributed by atoms with Crippen LogP contribution in [-0.4, -0.2) is 66.7 Å². The first-order valence-corrected chi connectivity index (χ1v) is 9.88. The summed E-state index contributed by atoms with van der Waals surface area (Å²) < 4.78 is 31.8. The van der Waals surface area contributed by atoms with Crippen LogP contribution in [0.5, 0.6) is 0 Å². The summed E-state index contributed by atoms with van der Waals surface area (Å²) in [5.74, 6) is 1.23. The van der Waals surface area contributed by atoms with Crippen LogP contribution in [0.1, 0.15) is 50.0 Å². The van der Waals surface area contributed by atoms with Gasteiger partial charge in [-0.15, -0.1) is 12.4 Å². The summed E-state index contributed by atoms with van der Waals surface area (Å²) in [6.07, 6.45) is 2.18. The van der Waals surface area contributed by atoms with E-state index in [9.17, 15) is 8.42 Å². The maximum atomic E-state index is 12.4. The zero-order valence-electron chi connectivity index (χ0n) is 14.1. The summed E-state index contributed by atoms with van der Waals surface area (Å²) >= 11 is 0. The Labute approximate surface area is 149 Å². The molecule has 0 radical (unpaired) electrons. The van der Waals surface area contributed by atoms with E-state index in [0.717, 1.165) is 32.5 Å². The van der Waals surface area contributed by atoms with E-state index < -0.39 is 10.0 Å². The van der Waals surface area contributed by atoms with Crippen LogP contribution in [-0.2, 0) is 10.0 Å². The highest BCUT2D eigenvalue weighted by molar-refractivity contribution is 7.89. The smallest absolute Gasteiger partial charge is 0.245 e. The molecular weight excluding hydrogens is 354 g/mol. The van der Waals surface area contributed by atoms with Gasteiger partial charge in [0, 0.05) is 26.2 Å². The van der Waals surface area contributed by atoms with Crippen molar-refractivity contribution in [3.05, 3.63) is 11.7 Å². The molecule has 2 unspecified atom stereocenters. The highest BCUT2D eigenvalue weighted by atomic mass is 35.5. The number of likely N-dealkylation sites (N-methyl/N-ethyl adjacent to an activating group) is 1. The van der Waals surface area contributed by atoms with Gasteiger partial charge in [-0.1, -0.05) is 12.1 Å². The average molecular weight is 380 g/mol. The van der Waals surface area contributed by atoms with E-state index >= 15 is 0 Å². The average Bonchev–Trinajstić information content (AvgIpc) is 3.17. The summed E-state index contributed by atoms with van der Waals surface area (Å²) in [5.41, 5.74) is 0. The van der Waals surface area contributed by atoms with Crippen molar-refractivity contribution < 1.29 is 12.9 Å². The molecule has 2 aliphatic heterocycles. The molecule has 2 aliphatic rings. The molecule has 0 aliphatic carbocycles. The first-order valence-electron chi connectivity index (χ1n) is 8.27. The van der Waals surface area contributed by atoms with Gasteiger partial charge in [0.05, 0.1) is 11.8 Å². The van der Waals surface area contributed by atoms with Crippen LogP contribution in [0.2, 0.25) is 0 Å². The van der Waals surface area contributed by atoms with E-state index in [1.807, 2.05) is 14.0 Å². The molecule has 0 bridgehead atoms. The lowest BCUT2D eigenvalue weighted by Gasteiger charge is -2.30. The molecular formula is C14H26ClN5O3S. The first kappa shape index (κ1) is 19.6. The van der Waals surface area contributed by atoms with Gasteiger partial charge >= 0.3 is 0 Å². The van der Waals surface area contributed by atoms with Gasteiger partial charge in [-0.05, 0) is 26.3 Å². The minimum atomic E-state index is -3.25. The molecule has 1 aromatic heterocycles. The third-order valence-electron chi connectivity index (χ3n) is 4.57. The number of halogens is 1. The molecule has 0 saturated carbocycles. The Balaban J connectivity index is 0.00000208. The van der Waals surface area contributed by atoms with Crippen molar-refractivity contribution in [2.75, 3.05) is 39.0 Å². The van der Waals surface area contributed by atoms with Gasteiger partial charge in [0.2, 0.25) is 15.9 Å². The number of aromatic nitrogens is 2. The topological polar surface area (TPSA) is 91.6 Å². The monoisotopic (exact) mass is 379 g/mol. The first-order chi connectivity index (χ1) is 11.0. The molecule has 1 aromatic rings. The number of nitrogens with zero attached hydrogens (tertiary/aromatic N) is 4. The van der Waals surface area contributed by atoms with E-state index in [-0.39, 0.29) is 30.2 Å². The fourth-order valence-electron chi connectivity index (χ4n) is 3.31. The highest BCUT2D eigenvalue weighted by Gasteiger charge is 2.38. The Morgan fingerprint density at radius 3 is 2.83 bits per heavy atom. The minimum absolute atomic E-state index is 0. The molecule has 0 aromatic carbocycles. The highest BCUT2D eigenvalue weighted by Crippen LogP contribution is 2.34. The predicted molar refractivity (Wildman–Crippen MR) is 92.5 cm³/mol. The molecule has 24 heavy (non-hydrogen) atoms. The second-order valence-electron chi connectivity index (χ2n) is 6.28. The summed E-state index contributed by atoms with van der Waals surface area (Å²) in [6.45, 7) is 5.06. The molecule has 138 valence electrons. The molecule has 2 fully saturated rings. The largest absolute Gasteiger partial charge is 0.337 e. The Morgan fingerprint density at radius 1 is 1.33 bits per heavy atom. The van der Waals surface area contributed by atoms with Crippen molar-refractivity contribution >= 4 is 22.4 Å². The molecule has 1 N–H and O–H groups in total. The summed E-state index contributed by atoms with van der Waals surface area (Å²) in [5, 5.41) is 7.43. The maximum absolute atomic E-state index is 12.4. The number of nitrogens with one attached hydrogen (secondary N) is 1. The number of hydrogen-bond acceptors (Lipinski definition) is 7. The normalized spacial score (nSPS) is 26.4. The Bertz CT molecular complexity index is 638. The van der Waals surface area contributed by atoms with Crippen molar-refractivity contribution in [2.45, 2.75) is 38.3 Å². The van der Waals surface area contributed by atoms with Crippen LogP contribution in [0, 0.1) is 0 Å². The minimum Gasteiger partial charge on any atom is -0.337 e. The van der Waals surface area contributed by atoms with Crippen LogP contribution in [0.3, 0.4) is 0 Å². The lowest BCUT2D eigenvalue weighted by molar-refractivity contribution is 0.190. The second kappa shape index (κ2) is 8.09. The Morgan fingerprint density at radius 2 is 2.12 bits per heavy atom. The van der Waals surface area contributed by atoms with Gasteiger partial charge in [0.15, 0.2) is 5.82 Å². The SMILES string of the molecule is CCCS(=O)(=O)N1CCCC1c1nc(C2CNCCN2C)no1.Cl. The van der Waals surface area contributed by atoms with Crippen molar-refractivity contribution in [2.24, 2.45) is 0 Å². The van der Waals surface area contributed by atoms with E-state index in [0.29, 0.717) is 24.7 Å². The predicted octanol–water partition coefficient (Wildman–Crippen LogP) is 0.944. The van der Waals surface area contributed by atoms with Crippen molar-refractivity contribution in [1.82, 2.24) is 24.7 Å². The maximum Gasteiger partial charge on any atom is 0.245 e. The van der Waals surface area contributed by atoms with E-state index in [1.165, 1.54) is 4.31 Å². The molecule has 3 rings (SSSR count). The van der Waals surface area contributed by atoms with Crippen LogP contribution >= 0.6 is 12.4 Å². The van der Waals surface area contributed by atoms with Gasteiger partial charge in [-0.2, -0.15) is 9.29 Å². The van der Waals surface area contributed by atoms with Gasteiger partial charge < -0.3 is 9.84 Å². The van der Waals surface area contributed by atoms with Gasteiger partial charge in [-0.25, -0.2) is 8.42 Å². The van der Waals surface area contributed by atoms with Gasteiger partial charge in [0.1, 0.15) is 6.04 Å². The Hall–Kier alpha value is -0.740. The van der Waals surface area contributed by atoms with E-state index in [4.69, 9.17) is 4.52 Å². The molecule has 2 atom stereocenters. The van der Waals surface area contributed by atoms with E-state index in [1.54, 1.807) is 0 Å². The van der Waals surface area contributed by atoms with Gasteiger partial charge in [0.25, 0.3) is 0 Å². The van der Waals surface area contributed by atoms with Gasteiger partial charge in [-0.3, -0.25) is 4.90 Å². The number of rotatable bonds is 5. The molecule has 2 saturated heterocycles. The fourth-order valence-corrected chi connectivity index (χ4v) is 5.05. The lowest BCUT2D eigenvalue weighted by atomic mass is 10.2. The summed E-state index contributed by atoms with van der Waals surface area (Å²) in [6, 6.07) is -0.238. The van der Waals surface area contributed by atoms with Crippen molar-refractivity contribution in [3.8, 4) is 0 Å². The lowest BCUT2D eigenvalue weighted by Crippen LogP contribution is -2.44. The quantitative estimate of drug-likeness (QED) is 0.814. The Kier molecular flexibility index (Phi) is 6.60. The van der Waals surface area contributed by atoms with Crippen LogP contribution in [0.15, 0.2) is 4.52 Å². The number of hydrogen-bond donors (Lipinski definition) is 1. The van der Waals surface area contributed by atoms with Crippen LogP contribution in [0.4, 0.5) is 0 Å². The standard InChI is InChI=1S/C14H25N5O3S.ClH/c1-3-9-23(20,21)19-7-4-5-11(19)14-16-13(17-22-14)12-10-15-6-8-18(12)2;/h11-12,15H,3-10H2,1-2H3;1H. The molecule has 0 spiro atoms. The summed E-state index contributed by atoms with van der Waals surface area (Å²) in [7, 11) is -1.21. The number of sulfonamides is 1. The van der Waals surface area contributed by atoms with E-state index in [2.05, 4.69) is 20.4 Å². The number of piperazine rings is 1. The zero-order chi connectivity index (χ0) is 16.4. The third kappa shape index (κ3) is 3.91. The van der Waals surface area contributed by atoms with Crippen molar-refractivity contribution in [3.63, 3.8) is 0 Å². The molecule has 0 amide bonds. The fraction of sp³-hybridized carbons (Fsp3) is 0.857.